The number of rotatable bonds is 3. The fourth-order valence-corrected chi connectivity index (χ4v) is 1.83. The largest absolute Gasteiger partial charge is 0.497 e. The van der Waals surface area contributed by atoms with E-state index in [-0.39, 0.29) is 5.56 Å². The van der Waals surface area contributed by atoms with Crippen LogP contribution in [0.4, 0.5) is 5.69 Å². The maximum absolute atomic E-state index is 11.8. The zero-order valence-corrected chi connectivity index (χ0v) is 10.5. The molecule has 0 unspecified atom stereocenters. The van der Waals surface area contributed by atoms with Crippen LogP contribution < -0.4 is 16.0 Å². The lowest BCUT2D eigenvalue weighted by Crippen LogP contribution is -2.19. The van der Waals surface area contributed by atoms with E-state index in [2.05, 4.69) is 0 Å². The van der Waals surface area contributed by atoms with Crippen molar-refractivity contribution in [1.29, 1.82) is 0 Å². The molecule has 0 fully saturated rings. The summed E-state index contributed by atoms with van der Waals surface area (Å²) in [5, 5.41) is 0. The van der Waals surface area contributed by atoms with Crippen molar-refractivity contribution in [2.45, 2.75) is 13.5 Å². The minimum atomic E-state index is -0.0172. The number of nitrogen functional groups attached to an aromatic ring is 1. The van der Waals surface area contributed by atoms with Gasteiger partial charge in [-0.25, -0.2) is 0 Å². The zero-order valence-electron chi connectivity index (χ0n) is 10.5. The van der Waals surface area contributed by atoms with Gasteiger partial charge >= 0.3 is 0 Å². The highest BCUT2D eigenvalue weighted by Crippen LogP contribution is 2.18. The fourth-order valence-electron chi connectivity index (χ4n) is 1.83. The molecule has 1 aromatic carbocycles. The van der Waals surface area contributed by atoms with Gasteiger partial charge in [0, 0.05) is 24.0 Å². The average molecular weight is 244 g/mol. The number of hydrogen-bond donors (Lipinski definition) is 1. The van der Waals surface area contributed by atoms with Crippen molar-refractivity contribution in [2.24, 2.45) is 0 Å². The Bertz CT molecular complexity index is 617. The van der Waals surface area contributed by atoms with Gasteiger partial charge in [0.1, 0.15) is 5.75 Å². The summed E-state index contributed by atoms with van der Waals surface area (Å²) in [5.41, 5.74) is 8.30. The lowest BCUT2D eigenvalue weighted by atomic mass is 10.2. The molecule has 0 saturated carbocycles. The minimum absolute atomic E-state index is 0.0172. The first-order valence-electron chi connectivity index (χ1n) is 5.69. The number of benzene rings is 1. The quantitative estimate of drug-likeness (QED) is 0.837. The van der Waals surface area contributed by atoms with Crippen molar-refractivity contribution in [3.8, 4) is 5.75 Å². The molecule has 0 aliphatic carbocycles. The van der Waals surface area contributed by atoms with Gasteiger partial charge in [-0.05, 0) is 36.2 Å². The van der Waals surface area contributed by atoms with Crippen LogP contribution in [0, 0.1) is 6.92 Å². The molecule has 0 spiro atoms. The van der Waals surface area contributed by atoms with Crippen LogP contribution >= 0.6 is 0 Å². The van der Waals surface area contributed by atoms with E-state index in [0.29, 0.717) is 18.0 Å². The first-order chi connectivity index (χ1) is 8.58. The maximum Gasteiger partial charge on any atom is 0.251 e. The highest BCUT2D eigenvalue weighted by atomic mass is 16.5. The summed E-state index contributed by atoms with van der Waals surface area (Å²) in [6, 6.07) is 8.99. The molecule has 18 heavy (non-hydrogen) atoms. The molecule has 94 valence electrons. The monoisotopic (exact) mass is 244 g/mol. The Balaban J connectivity index is 2.33. The first kappa shape index (κ1) is 12.2. The normalized spacial score (nSPS) is 10.3. The standard InChI is InChI=1S/C14H16N2O2/c1-10-3-4-16(14(17)5-10)9-11-6-12(15)8-13(7-11)18-2/h3-8H,9,15H2,1-2H3. The van der Waals surface area contributed by atoms with Gasteiger partial charge in [-0.2, -0.15) is 0 Å². The predicted octanol–water partition coefficient (Wildman–Crippen LogP) is 1.80. The van der Waals surface area contributed by atoms with Crippen LogP contribution in [0.2, 0.25) is 0 Å². The molecule has 1 heterocycles. The van der Waals surface area contributed by atoms with Crippen LogP contribution in [0.1, 0.15) is 11.1 Å². The summed E-state index contributed by atoms with van der Waals surface area (Å²) in [5.74, 6) is 0.699. The van der Waals surface area contributed by atoms with Crippen LogP contribution in [0.15, 0.2) is 41.3 Å². The van der Waals surface area contributed by atoms with Crippen LogP contribution in [-0.4, -0.2) is 11.7 Å². The van der Waals surface area contributed by atoms with Crippen molar-refractivity contribution in [3.05, 3.63) is 58.0 Å². The molecule has 0 amide bonds. The molecule has 1 aromatic heterocycles. The zero-order chi connectivity index (χ0) is 13.1. The van der Waals surface area contributed by atoms with Crippen molar-refractivity contribution in [1.82, 2.24) is 4.57 Å². The highest BCUT2D eigenvalue weighted by molar-refractivity contribution is 5.47. The van der Waals surface area contributed by atoms with E-state index in [1.165, 1.54) is 0 Å². The maximum atomic E-state index is 11.8. The number of aryl methyl sites for hydroxylation is 1. The fraction of sp³-hybridized carbons (Fsp3) is 0.214. The van der Waals surface area contributed by atoms with Crippen molar-refractivity contribution in [2.75, 3.05) is 12.8 Å². The molecule has 4 nitrogen and oxygen atoms in total. The number of methoxy groups -OCH3 is 1. The number of aromatic nitrogens is 1. The summed E-state index contributed by atoms with van der Waals surface area (Å²) in [7, 11) is 1.59. The summed E-state index contributed by atoms with van der Waals surface area (Å²) in [6.45, 7) is 2.38. The Morgan fingerprint density at radius 3 is 2.72 bits per heavy atom. The number of nitrogens with two attached hydrogens (primary N) is 1. The Hall–Kier alpha value is -2.23. The smallest absolute Gasteiger partial charge is 0.251 e. The van der Waals surface area contributed by atoms with Gasteiger partial charge in [-0.1, -0.05) is 0 Å². The number of ether oxygens (including phenoxy) is 1. The van der Waals surface area contributed by atoms with Crippen LogP contribution in [0.3, 0.4) is 0 Å². The molecular weight excluding hydrogens is 228 g/mol. The lowest BCUT2D eigenvalue weighted by molar-refractivity contribution is 0.414. The van der Waals surface area contributed by atoms with Crippen molar-refractivity contribution < 1.29 is 4.74 Å². The van der Waals surface area contributed by atoms with Crippen molar-refractivity contribution in [3.63, 3.8) is 0 Å². The van der Waals surface area contributed by atoms with E-state index in [4.69, 9.17) is 10.5 Å². The van der Waals surface area contributed by atoms with Gasteiger partial charge in [-0.3, -0.25) is 4.79 Å². The third kappa shape index (κ3) is 2.71. The Morgan fingerprint density at radius 2 is 2.06 bits per heavy atom. The second-order valence-electron chi connectivity index (χ2n) is 4.28. The number of pyridine rings is 1. The van der Waals surface area contributed by atoms with E-state index >= 15 is 0 Å². The SMILES string of the molecule is COc1cc(N)cc(Cn2ccc(C)cc2=O)c1. The molecule has 0 aliphatic rings. The topological polar surface area (TPSA) is 57.2 Å². The number of hydrogen-bond acceptors (Lipinski definition) is 3. The summed E-state index contributed by atoms with van der Waals surface area (Å²) in [6.07, 6.45) is 1.79. The van der Waals surface area contributed by atoms with Gasteiger partial charge in [0.2, 0.25) is 0 Å². The van der Waals surface area contributed by atoms with Gasteiger partial charge in [0.25, 0.3) is 5.56 Å². The Kier molecular flexibility index (Phi) is 3.37. The summed E-state index contributed by atoms with van der Waals surface area (Å²) < 4.78 is 6.80. The van der Waals surface area contributed by atoms with Gasteiger partial charge < -0.3 is 15.0 Å². The van der Waals surface area contributed by atoms with Crippen molar-refractivity contribution >= 4 is 5.69 Å². The van der Waals surface area contributed by atoms with Gasteiger partial charge in [0.05, 0.1) is 13.7 Å². The molecule has 0 radical (unpaired) electrons. The van der Waals surface area contributed by atoms with E-state index in [1.807, 2.05) is 25.1 Å². The average Bonchev–Trinajstić information content (AvgIpc) is 2.32. The molecule has 2 rings (SSSR count). The third-order valence-electron chi connectivity index (χ3n) is 2.73. The Labute approximate surface area is 106 Å². The van der Waals surface area contributed by atoms with E-state index < -0.39 is 0 Å². The summed E-state index contributed by atoms with van der Waals surface area (Å²) >= 11 is 0. The van der Waals surface area contributed by atoms with Gasteiger partial charge in [-0.15, -0.1) is 0 Å². The van der Waals surface area contributed by atoms with Gasteiger partial charge in [0.15, 0.2) is 0 Å². The highest BCUT2D eigenvalue weighted by Gasteiger charge is 2.02. The second-order valence-corrected chi connectivity index (χ2v) is 4.28. The predicted molar refractivity (Wildman–Crippen MR) is 71.9 cm³/mol. The second kappa shape index (κ2) is 4.96. The molecule has 0 atom stereocenters. The molecule has 2 N–H and O–H groups in total. The van der Waals surface area contributed by atoms with Crippen LogP contribution in [-0.2, 0) is 6.54 Å². The molecule has 4 heteroatoms. The molecule has 0 bridgehead atoms. The summed E-state index contributed by atoms with van der Waals surface area (Å²) in [4.78, 5) is 11.8. The first-order valence-corrected chi connectivity index (χ1v) is 5.69. The molecular formula is C14H16N2O2. The minimum Gasteiger partial charge on any atom is -0.497 e. The number of nitrogens with zero attached hydrogens (tertiary/aromatic N) is 1. The van der Waals surface area contributed by atoms with E-state index in [9.17, 15) is 4.79 Å². The van der Waals surface area contributed by atoms with Crippen LogP contribution in [0.5, 0.6) is 5.75 Å². The van der Waals surface area contributed by atoms with E-state index in [0.717, 1.165) is 11.1 Å². The number of anilines is 1. The molecule has 2 aromatic rings. The molecule has 0 saturated heterocycles. The van der Waals surface area contributed by atoms with E-state index in [1.54, 1.807) is 30.0 Å². The third-order valence-corrected chi connectivity index (χ3v) is 2.73. The molecule has 0 aliphatic heterocycles. The lowest BCUT2D eigenvalue weighted by Gasteiger charge is -2.09. The Morgan fingerprint density at radius 1 is 1.28 bits per heavy atom. The van der Waals surface area contributed by atoms with Crippen LogP contribution in [0.25, 0.3) is 0 Å².